The zero-order chi connectivity index (χ0) is 13.0. The van der Waals surface area contributed by atoms with Gasteiger partial charge in [0.25, 0.3) is 0 Å². The zero-order valence-corrected chi connectivity index (χ0v) is 11.6. The molecule has 0 saturated carbocycles. The van der Waals surface area contributed by atoms with E-state index < -0.39 is 0 Å². The van der Waals surface area contributed by atoms with Crippen LogP contribution >= 0.6 is 0 Å². The summed E-state index contributed by atoms with van der Waals surface area (Å²) in [6.07, 6.45) is 6.33. The Morgan fingerprint density at radius 1 is 1.29 bits per heavy atom. The quantitative estimate of drug-likeness (QED) is 0.746. The first-order valence-electron chi connectivity index (χ1n) is 6.24. The number of carbonyl (C=O) groups is 1. The molecule has 0 aromatic heterocycles. The highest BCUT2D eigenvalue weighted by Gasteiger charge is 2.24. The second-order valence-corrected chi connectivity index (χ2v) is 5.10. The molecule has 1 aliphatic rings. The minimum atomic E-state index is 0.132. The molecule has 1 rings (SSSR count). The maximum Gasteiger partial charge on any atom is 0.223 e. The van der Waals surface area contributed by atoms with E-state index >= 15 is 0 Å². The molecule has 0 bridgehead atoms. The number of hydrogen-bond donors (Lipinski definition) is 0. The van der Waals surface area contributed by atoms with Gasteiger partial charge in [0.2, 0.25) is 5.91 Å². The van der Waals surface area contributed by atoms with E-state index in [2.05, 4.69) is 37.0 Å². The molecule has 3 nitrogen and oxygen atoms in total. The summed E-state index contributed by atoms with van der Waals surface area (Å²) in [5.74, 6) is 1.04. The fourth-order valence-corrected chi connectivity index (χ4v) is 2.02. The predicted octanol–water partition coefficient (Wildman–Crippen LogP) is 2.12. The van der Waals surface area contributed by atoms with Crippen LogP contribution in [0.1, 0.15) is 20.8 Å². The topological polar surface area (TPSA) is 23.6 Å². The van der Waals surface area contributed by atoms with Crippen LogP contribution in [0.25, 0.3) is 0 Å². The van der Waals surface area contributed by atoms with Gasteiger partial charge in [0.1, 0.15) is 0 Å². The smallest absolute Gasteiger partial charge is 0.223 e. The molecule has 0 aromatic carbocycles. The highest BCUT2D eigenvalue weighted by molar-refractivity contribution is 5.75. The Bertz CT molecular complexity index is 331. The average Bonchev–Trinajstić information content (AvgIpc) is 2.23. The molecule has 96 valence electrons. The van der Waals surface area contributed by atoms with E-state index in [4.69, 9.17) is 0 Å². The number of allylic oxidation sites excluding steroid dienone is 4. The summed E-state index contributed by atoms with van der Waals surface area (Å²) in [4.78, 5) is 15.8. The van der Waals surface area contributed by atoms with Crippen LogP contribution in [0.4, 0.5) is 0 Å². The number of rotatable bonds is 4. The van der Waals surface area contributed by atoms with Gasteiger partial charge in [0.05, 0.1) is 0 Å². The molecule has 0 fully saturated rings. The van der Waals surface area contributed by atoms with Crippen LogP contribution in [-0.4, -0.2) is 42.9 Å². The van der Waals surface area contributed by atoms with Crippen molar-refractivity contribution in [2.75, 3.05) is 27.2 Å². The molecular formula is C14H24N2O. The fourth-order valence-electron chi connectivity index (χ4n) is 2.02. The first-order chi connectivity index (χ1) is 7.93. The number of nitrogens with zero attached hydrogens (tertiary/aromatic N) is 2. The molecule has 0 heterocycles. The van der Waals surface area contributed by atoms with E-state index in [-0.39, 0.29) is 5.91 Å². The molecule has 2 atom stereocenters. The summed E-state index contributed by atoms with van der Waals surface area (Å²) in [6, 6.07) is 0. The highest BCUT2D eigenvalue weighted by Crippen LogP contribution is 2.28. The molecule has 0 N–H and O–H groups in total. The van der Waals surface area contributed by atoms with E-state index in [0.29, 0.717) is 11.8 Å². The van der Waals surface area contributed by atoms with E-state index in [0.717, 1.165) is 18.8 Å². The number of amides is 1. The van der Waals surface area contributed by atoms with Gasteiger partial charge < -0.3 is 9.80 Å². The first kappa shape index (κ1) is 14.0. The third kappa shape index (κ3) is 3.70. The minimum Gasteiger partial charge on any atom is -0.315 e. The van der Waals surface area contributed by atoms with Crippen molar-refractivity contribution in [3.05, 3.63) is 23.9 Å². The molecule has 0 aliphatic heterocycles. The van der Waals surface area contributed by atoms with Crippen molar-refractivity contribution in [1.82, 2.24) is 9.80 Å². The van der Waals surface area contributed by atoms with Crippen molar-refractivity contribution in [2.24, 2.45) is 11.8 Å². The number of carbonyl (C=O) groups excluding carboxylic acids is 1. The summed E-state index contributed by atoms with van der Waals surface area (Å²) in [5.41, 5.74) is 1.15. The Morgan fingerprint density at radius 2 is 1.94 bits per heavy atom. The Kier molecular flexibility index (Phi) is 4.94. The summed E-state index contributed by atoms with van der Waals surface area (Å²) >= 11 is 0. The van der Waals surface area contributed by atoms with Crippen molar-refractivity contribution in [3.63, 3.8) is 0 Å². The largest absolute Gasteiger partial charge is 0.315 e. The predicted molar refractivity (Wildman–Crippen MR) is 71.5 cm³/mol. The second kappa shape index (κ2) is 6.01. The van der Waals surface area contributed by atoms with Crippen molar-refractivity contribution in [2.45, 2.75) is 20.8 Å². The average molecular weight is 236 g/mol. The highest BCUT2D eigenvalue weighted by atomic mass is 16.2. The Morgan fingerprint density at radius 3 is 2.47 bits per heavy atom. The summed E-state index contributed by atoms with van der Waals surface area (Å²) < 4.78 is 0. The maximum absolute atomic E-state index is 11.8. The van der Waals surface area contributed by atoms with Gasteiger partial charge in [0, 0.05) is 31.6 Å². The van der Waals surface area contributed by atoms with E-state index in [9.17, 15) is 4.79 Å². The van der Waals surface area contributed by atoms with Crippen molar-refractivity contribution >= 4 is 5.91 Å². The van der Waals surface area contributed by atoms with Crippen molar-refractivity contribution in [3.8, 4) is 0 Å². The maximum atomic E-state index is 11.8. The van der Waals surface area contributed by atoms with Crippen LogP contribution in [0, 0.1) is 11.8 Å². The third-order valence-corrected chi connectivity index (χ3v) is 3.40. The molecule has 0 aromatic rings. The Balaban J connectivity index is 2.80. The molecule has 0 saturated heterocycles. The van der Waals surface area contributed by atoms with Crippen LogP contribution in [0.15, 0.2) is 23.9 Å². The molecule has 17 heavy (non-hydrogen) atoms. The third-order valence-electron chi connectivity index (χ3n) is 3.40. The molecule has 1 aliphatic carbocycles. The van der Waals surface area contributed by atoms with Crippen LogP contribution < -0.4 is 0 Å². The van der Waals surface area contributed by atoms with Crippen LogP contribution in [0.3, 0.4) is 0 Å². The molecule has 0 radical (unpaired) electrons. The molecule has 1 unspecified atom stereocenters. The zero-order valence-electron chi connectivity index (χ0n) is 11.6. The lowest BCUT2D eigenvalue weighted by Crippen LogP contribution is -2.37. The van der Waals surface area contributed by atoms with Gasteiger partial charge in [-0.2, -0.15) is 0 Å². The van der Waals surface area contributed by atoms with Crippen molar-refractivity contribution < 1.29 is 4.79 Å². The van der Waals surface area contributed by atoms with Gasteiger partial charge in [-0.1, -0.05) is 26.0 Å². The van der Waals surface area contributed by atoms with Crippen molar-refractivity contribution in [1.29, 1.82) is 0 Å². The summed E-state index contributed by atoms with van der Waals surface area (Å²) in [6.45, 7) is 7.68. The molecule has 0 spiro atoms. The number of hydrogen-bond acceptors (Lipinski definition) is 2. The lowest BCUT2D eigenvalue weighted by molar-refractivity contribution is -0.127. The fraction of sp³-hybridized carbons (Fsp3) is 0.643. The lowest BCUT2D eigenvalue weighted by Gasteiger charge is -2.33. The van der Waals surface area contributed by atoms with Gasteiger partial charge in [-0.15, -0.1) is 0 Å². The SMILES string of the molecule is CC(=O)N(CCN(C)C)C1=CC=CC(C)[C@H]1C. The van der Waals surface area contributed by atoms with Gasteiger partial charge in [0.15, 0.2) is 0 Å². The van der Waals surface area contributed by atoms with Crippen LogP contribution in [0.2, 0.25) is 0 Å². The van der Waals surface area contributed by atoms with Crippen LogP contribution in [0.5, 0.6) is 0 Å². The van der Waals surface area contributed by atoms with E-state index in [1.54, 1.807) is 6.92 Å². The van der Waals surface area contributed by atoms with Gasteiger partial charge in [-0.25, -0.2) is 0 Å². The monoisotopic (exact) mass is 236 g/mol. The first-order valence-corrected chi connectivity index (χ1v) is 6.24. The summed E-state index contributed by atoms with van der Waals surface area (Å²) in [5, 5.41) is 0. The van der Waals surface area contributed by atoms with E-state index in [1.807, 2.05) is 19.0 Å². The minimum absolute atomic E-state index is 0.132. The van der Waals surface area contributed by atoms with E-state index in [1.165, 1.54) is 0 Å². The Hall–Kier alpha value is -1.09. The second-order valence-electron chi connectivity index (χ2n) is 5.10. The Labute approximate surface area is 105 Å². The van der Waals surface area contributed by atoms with Gasteiger partial charge >= 0.3 is 0 Å². The molecular weight excluding hydrogens is 212 g/mol. The van der Waals surface area contributed by atoms with Gasteiger partial charge in [-0.3, -0.25) is 4.79 Å². The molecule has 3 heteroatoms. The lowest BCUT2D eigenvalue weighted by atomic mass is 9.88. The summed E-state index contributed by atoms with van der Waals surface area (Å²) in [7, 11) is 4.05. The molecule has 1 amide bonds. The normalized spacial score (nSPS) is 23.8. The van der Waals surface area contributed by atoms with Gasteiger partial charge in [-0.05, 0) is 26.1 Å². The number of likely N-dealkylation sites (N-methyl/N-ethyl adjacent to an activating group) is 1. The standard InChI is InChI=1S/C14H24N2O/c1-11-7-6-8-14(12(11)2)16(13(3)17)10-9-15(4)5/h6-8,11-12H,9-10H2,1-5H3/t11?,12-/m1/s1. The van der Waals surface area contributed by atoms with Crippen LogP contribution in [-0.2, 0) is 4.79 Å².